The van der Waals surface area contributed by atoms with E-state index in [-0.39, 0.29) is 24.0 Å². The monoisotopic (exact) mass is 479 g/mol. The molecule has 0 saturated carbocycles. The molecule has 0 atom stereocenters. The number of guanidine groups is 1. The lowest BCUT2D eigenvalue weighted by molar-refractivity contribution is 0.408. The zero-order chi connectivity index (χ0) is 16.7. The highest BCUT2D eigenvalue weighted by molar-refractivity contribution is 14.0. The Balaban J connectivity index is 0.00000288. The molecular formula is C17H23ClIN3OS. The van der Waals surface area contributed by atoms with Gasteiger partial charge in [0.2, 0.25) is 0 Å². The van der Waals surface area contributed by atoms with Gasteiger partial charge in [-0.15, -0.1) is 35.3 Å². The first-order chi connectivity index (χ1) is 11.1. The number of hydrogen-bond acceptors (Lipinski definition) is 3. The smallest absolute Gasteiger partial charge is 0.191 e. The van der Waals surface area contributed by atoms with Crippen LogP contribution < -0.4 is 15.4 Å². The Hall–Kier alpha value is -0.990. The third kappa shape index (κ3) is 6.49. The lowest BCUT2D eigenvalue weighted by Gasteiger charge is -2.14. The van der Waals surface area contributed by atoms with Gasteiger partial charge < -0.3 is 15.4 Å². The second kappa shape index (κ2) is 10.8. The van der Waals surface area contributed by atoms with Crippen molar-refractivity contribution in [1.29, 1.82) is 0 Å². The summed E-state index contributed by atoms with van der Waals surface area (Å²) < 4.78 is 6.25. The number of methoxy groups -OCH3 is 1. The molecule has 4 nitrogen and oxygen atoms in total. The molecule has 1 aromatic carbocycles. The Morgan fingerprint density at radius 1 is 1.25 bits per heavy atom. The predicted molar refractivity (Wildman–Crippen MR) is 114 cm³/mol. The Labute approximate surface area is 169 Å². The number of aliphatic imine (C=N–C) groups is 1. The van der Waals surface area contributed by atoms with Crippen LogP contribution in [0.4, 0.5) is 0 Å². The third-order valence-electron chi connectivity index (χ3n) is 3.41. The van der Waals surface area contributed by atoms with Crippen LogP contribution in [0, 0.1) is 6.92 Å². The number of aryl methyl sites for hydroxylation is 1. The number of thiophene rings is 1. The van der Waals surface area contributed by atoms with Gasteiger partial charge in [-0.3, -0.25) is 4.99 Å². The van der Waals surface area contributed by atoms with Crippen LogP contribution in [0.25, 0.3) is 0 Å². The molecule has 0 saturated heterocycles. The van der Waals surface area contributed by atoms with Crippen molar-refractivity contribution in [2.45, 2.75) is 19.9 Å². The molecule has 2 N–H and O–H groups in total. The van der Waals surface area contributed by atoms with Crippen LogP contribution >= 0.6 is 46.9 Å². The van der Waals surface area contributed by atoms with E-state index in [0.717, 1.165) is 34.6 Å². The molecular weight excluding hydrogens is 457 g/mol. The molecule has 132 valence electrons. The van der Waals surface area contributed by atoms with E-state index in [1.54, 1.807) is 25.5 Å². The molecule has 0 aliphatic heterocycles. The second-order valence-electron chi connectivity index (χ2n) is 5.12. The predicted octanol–water partition coefficient (Wildman–Crippen LogP) is 4.24. The van der Waals surface area contributed by atoms with Crippen molar-refractivity contribution in [2.75, 3.05) is 20.7 Å². The first-order valence-corrected chi connectivity index (χ1v) is 8.64. The van der Waals surface area contributed by atoms with Crippen molar-refractivity contribution >= 4 is 52.9 Å². The van der Waals surface area contributed by atoms with Gasteiger partial charge in [0.05, 0.1) is 11.4 Å². The van der Waals surface area contributed by atoms with Crippen LogP contribution in [-0.2, 0) is 13.0 Å². The van der Waals surface area contributed by atoms with Crippen LogP contribution in [0.1, 0.15) is 16.0 Å². The Morgan fingerprint density at radius 2 is 2.04 bits per heavy atom. The number of nitrogens with one attached hydrogen (secondary N) is 2. The molecule has 0 fully saturated rings. The minimum atomic E-state index is 0. The van der Waals surface area contributed by atoms with E-state index < -0.39 is 0 Å². The normalized spacial score (nSPS) is 10.9. The van der Waals surface area contributed by atoms with Gasteiger partial charge in [0.25, 0.3) is 0 Å². The minimum Gasteiger partial charge on any atom is -0.496 e. The first-order valence-electron chi connectivity index (χ1n) is 7.44. The summed E-state index contributed by atoms with van der Waals surface area (Å²) >= 11 is 7.55. The molecule has 0 bridgehead atoms. The SMILES string of the molecule is CN=C(NCCc1ccc(Cl)s1)NCc1ccc(C)cc1OC.I. The molecule has 2 aromatic rings. The zero-order valence-electron chi connectivity index (χ0n) is 14.1. The highest BCUT2D eigenvalue weighted by Gasteiger charge is 2.05. The molecule has 0 radical (unpaired) electrons. The lowest BCUT2D eigenvalue weighted by atomic mass is 10.1. The molecule has 0 aliphatic rings. The maximum atomic E-state index is 5.94. The zero-order valence-corrected chi connectivity index (χ0v) is 18.0. The molecule has 2 rings (SSSR count). The van der Waals surface area contributed by atoms with E-state index in [1.165, 1.54) is 10.4 Å². The first kappa shape index (κ1) is 21.1. The van der Waals surface area contributed by atoms with Gasteiger partial charge in [0, 0.05) is 30.6 Å². The fourth-order valence-corrected chi connectivity index (χ4v) is 3.27. The number of halogens is 2. The van der Waals surface area contributed by atoms with Gasteiger partial charge in [-0.05, 0) is 37.1 Å². The summed E-state index contributed by atoms with van der Waals surface area (Å²) in [7, 11) is 3.46. The topological polar surface area (TPSA) is 45.7 Å². The summed E-state index contributed by atoms with van der Waals surface area (Å²) in [6.07, 6.45) is 0.923. The summed E-state index contributed by atoms with van der Waals surface area (Å²) in [4.78, 5) is 5.51. The molecule has 0 unspecified atom stereocenters. The quantitative estimate of drug-likeness (QED) is 0.370. The van der Waals surface area contributed by atoms with E-state index in [9.17, 15) is 0 Å². The van der Waals surface area contributed by atoms with E-state index >= 15 is 0 Å². The highest BCUT2D eigenvalue weighted by atomic mass is 127. The van der Waals surface area contributed by atoms with E-state index in [1.807, 2.05) is 12.1 Å². The fraction of sp³-hybridized carbons (Fsp3) is 0.353. The summed E-state index contributed by atoms with van der Waals surface area (Å²) in [6, 6.07) is 10.2. The summed E-state index contributed by atoms with van der Waals surface area (Å²) in [5.41, 5.74) is 2.29. The molecule has 24 heavy (non-hydrogen) atoms. The molecule has 1 heterocycles. The third-order valence-corrected chi connectivity index (χ3v) is 4.70. The van der Waals surface area contributed by atoms with Crippen LogP contribution in [0.2, 0.25) is 4.34 Å². The Morgan fingerprint density at radius 3 is 2.67 bits per heavy atom. The van der Waals surface area contributed by atoms with Crippen LogP contribution in [0.15, 0.2) is 35.3 Å². The van der Waals surface area contributed by atoms with Gasteiger partial charge in [0.15, 0.2) is 5.96 Å². The molecule has 0 aliphatic carbocycles. The maximum Gasteiger partial charge on any atom is 0.191 e. The van der Waals surface area contributed by atoms with Gasteiger partial charge in [-0.2, -0.15) is 0 Å². The highest BCUT2D eigenvalue weighted by Crippen LogP contribution is 2.21. The van der Waals surface area contributed by atoms with Crippen molar-refractivity contribution in [2.24, 2.45) is 4.99 Å². The Bertz CT molecular complexity index is 676. The van der Waals surface area contributed by atoms with Crippen molar-refractivity contribution in [3.8, 4) is 5.75 Å². The van der Waals surface area contributed by atoms with Gasteiger partial charge in [0.1, 0.15) is 5.75 Å². The standard InChI is InChI=1S/C17H22ClN3OS.HI/c1-12-4-5-13(15(10-12)22-3)11-21-17(19-2)20-9-8-14-6-7-16(18)23-14;/h4-7,10H,8-9,11H2,1-3H3,(H2,19,20,21);1H. The number of rotatable bonds is 6. The maximum absolute atomic E-state index is 5.94. The minimum absolute atomic E-state index is 0. The molecule has 0 amide bonds. The van der Waals surface area contributed by atoms with Gasteiger partial charge in [-0.1, -0.05) is 23.7 Å². The second-order valence-corrected chi connectivity index (χ2v) is 6.92. The number of ether oxygens (including phenoxy) is 1. The molecule has 1 aromatic heterocycles. The van der Waals surface area contributed by atoms with Crippen molar-refractivity contribution < 1.29 is 4.74 Å². The summed E-state index contributed by atoms with van der Waals surface area (Å²) in [5, 5.41) is 6.62. The largest absolute Gasteiger partial charge is 0.496 e. The van der Waals surface area contributed by atoms with Crippen LogP contribution in [0.3, 0.4) is 0 Å². The lowest BCUT2D eigenvalue weighted by Crippen LogP contribution is -2.37. The van der Waals surface area contributed by atoms with E-state index in [4.69, 9.17) is 16.3 Å². The molecule has 0 spiro atoms. The van der Waals surface area contributed by atoms with Gasteiger partial charge >= 0.3 is 0 Å². The van der Waals surface area contributed by atoms with Crippen molar-refractivity contribution in [3.63, 3.8) is 0 Å². The van der Waals surface area contributed by atoms with Crippen LogP contribution in [0.5, 0.6) is 5.75 Å². The van der Waals surface area contributed by atoms with Crippen LogP contribution in [-0.4, -0.2) is 26.7 Å². The fourth-order valence-electron chi connectivity index (χ4n) is 2.19. The number of hydrogen-bond donors (Lipinski definition) is 2. The summed E-state index contributed by atoms with van der Waals surface area (Å²) in [6.45, 7) is 3.52. The molecule has 7 heteroatoms. The van der Waals surface area contributed by atoms with E-state index in [2.05, 4.69) is 40.7 Å². The number of benzene rings is 1. The van der Waals surface area contributed by atoms with Crippen molar-refractivity contribution in [3.05, 3.63) is 50.7 Å². The van der Waals surface area contributed by atoms with E-state index in [0.29, 0.717) is 6.54 Å². The van der Waals surface area contributed by atoms with Crippen molar-refractivity contribution in [1.82, 2.24) is 10.6 Å². The van der Waals surface area contributed by atoms with Gasteiger partial charge in [-0.25, -0.2) is 0 Å². The Kier molecular flexibility index (Phi) is 9.46. The average molecular weight is 480 g/mol. The number of nitrogens with zero attached hydrogens (tertiary/aromatic N) is 1. The average Bonchev–Trinajstić information content (AvgIpc) is 2.96. The summed E-state index contributed by atoms with van der Waals surface area (Å²) in [5.74, 6) is 1.66.